The van der Waals surface area contributed by atoms with E-state index in [-0.39, 0.29) is 0 Å². The molecule has 0 amide bonds. The number of hydrogen-bond acceptors (Lipinski definition) is 4. The van der Waals surface area contributed by atoms with Gasteiger partial charge >= 0.3 is 0 Å². The lowest BCUT2D eigenvalue weighted by atomic mass is 10.1. The van der Waals surface area contributed by atoms with Crippen LogP contribution in [0, 0.1) is 0 Å². The molecule has 1 aliphatic heterocycles. The van der Waals surface area contributed by atoms with Crippen LogP contribution in [0.25, 0.3) is 0 Å². The second-order valence-corrected chi connectivity index (χ2v) is 5.72. The topological polar surface area (TPSA) is 40.2 Å². The molecule has 0 aliphatic carbocycles. The van der Waals surface area contributed by atoms with Gasteiger partial charge in [0.2, 0.25) is 0 Å². The van der Waals surface area contributed by atoms with Crippen LogP contribution in [0.4, 0.5) is 11.6 Å². The van der Waals surface area contributed by atoms with E-state index in [9.17, 15) is 0 Å². The predicted octanol–water partition coefficient (Wildman–Crippen LogP) is 3.33. The molecule has 2 N–H and O–H groups in total. The number of halogens is 2. The Balaban J connectivity index is 2.08. The molecule has 0 aromatic carbocycles. The van der Waals surface area contributed by atoms with E-state index in [2.05, 4.69) is 27.6 Å². The quantitative estimate of drug-likeness (QED) is 0.895. The Bertz CT molecular complexity index is 431. The Kier molecular flexibility index (Phi) is 5.13. The molecule has 19 heavy (non-hydrogen) atoms. The molecule has 0 spiro atoms. The lowest BCUT2D eigenvalue weighted by molar-refractivity contribution is 0.263. The van der Waals surface area contributed by atoms with Crippen molar-refractivity contribution in [2.24, 2.45) is 0 Å². The van der Waals surface area contributed by atoms with Crippen molar-refractivity contribution in [1.82, 2.24) is 9.88 Å². The van der Waals surface area contributed by atoms with Crippen molar-refractivity contribution in [3.8, 4) is 0 Å². The van der Waals surface area contributed by atoms with E-state index in [1.807, 2.05) is 6.92 Å². The SMILES string of the molecule is CCNc1nc(NC2CCN(C)CC2)c(Cl)cc1Cl. The normalized spacial score (nSPS) is 17.5. The molecular formula is C13H20Cl2N4. The first-order chi connectivity index (χ1) is 9.10. The molecule has 2 rings (SSSR count). The maximum atomic E-state index is 6.20. The number of aromatic nitrogens is 1. The standard InChI is InChI=1S/C13H20Cl2N4/c1-3-16-12-10(14)8-11(15)13(18-12)17-9-4-6-19(2)7-5-9/h8-9H,3-7H2,1-2H3,(H2,16,17,18). The van der Waals surface area contributed by atoms with Gasteiger partial charge in [-0.3, -0.25) is 0 Å². The molecule has 1 aliphatic rings. The molecule has 4 nitrogen and oxygen atoms in total. The van der Waals surface area contributed by atoms with Crippen molar-refractivity contribution in [1.29, 1.82) is 0 Å². The summed E-state index contributed by atoms with van der Waals surface area (Å²) in [4.78, 5) is 6.81. The minimum absolute atomic E-state index is 0.428. The zero-order chi connectivity index (χ0) is 13.8. The van der Waals surface area contributed by atoms with E-state index in [0.717, 1.165) is 38.3 Å². The van der Waals surface area contributed by atoms with Crippen LogP contribution in [-0.2, 0) is 0 Å². The lowest BCUT2D eigenvalue weighted by Gasteiger charge is -2.30. The zero-order valence-corrected chi connectivity index (χ0v) is 12.9. The largest absolute Gasteiger partial charge is 0.369 e. The molecule has 0 radical (unpaired) electrons. The summed E-state index contributed by atoms with van der Waals surface area (Å²) in [5, 5.41) is 7.70. The van der Waals surface area contributed by atoms with Crippen molar-refractivity contribution >= 4 is 34.8 Å². The van der Waals surface area contributed by atoms with Crippen molar-refractivity contribution in [3.63, 3.8) is 0 Å². The van der Waals surface area contributed by atoms with Crippen LogP contribution in [0.2, 0.25) is 10.0 Å². The number of piperidine rings is 1. The molecule has 1 fully saturated rings. The first-order valence-corrected chi connectivity index (χ1v) is 7.40. The van der Waals surface area contributed by atoms with E-state index in [1.165, 1.54) is 0 Å². The number of anilines is 2. The van der Waals surface area contributed by atoms with Crippen LogP contribution in [0.3, 0.4) is 0 Å². The van der Waals surface area contributed by atoms with Gasteiger partial charge in [0.05, 0.1) is 10.0 Å². The van der Waals surface area contributed by atoms with Gasteiger partial charge in [0.25, 0.3) is 0 Å². The highest BCUT2D eigenvalue weighted by molar-refractivity contribution is 6.37. The molecule has 1 saturated heterocycles. The molecule has 106 valence electrons. The number of likely N-dealkylation sites (tertiary alicyclic amines) is 1. The lowest BCUT2D eigenvalue weighted by Crippen LogP contribution is -2.37. The van der Waals surface area contributed by atoms with Crippen LogP contribution in [0.5, 0.6) is 0 Å². The number of pyridine rings is 1. The molecule has 1 aromatic heterocycles. The molecule has 2 heterocycles. The monoisotopic (exact) mass is 302 g/mol. The average Bonchev–Trinajstić information content (AvgIpc) is 2.38. The maximum absolute atomic E-state index is 6.20. The highest BCUT2D eigenvalue weighted by Crippen LogP contribution is 2.30. The van der Waals surface area contributed by atoms with Gasteiger partial charge in [-0.25, -0.2) is 4.98 Å². The van der Waals surface area contributed by atoms with Crippen molar-refractivity contribution in [2.45, 2.75) is 25.8 Å². The summed E-state index contributed by atoms with van der Waals surface area (Å²) in [5.74, 6) is 1.40. The van der Waals surface area contributed by atoms with Crippen LogP contribution in [0.1, 0.15) is 19.8 Å². The molecule has 1 aromatic rings. The number of hydrogen-bond donors (Lipinski definition) is 2. The molecule has 0 atom stereocenters. The Morgan fingerprint density at radius 3 is 2.53 bits per heavy atom. The Hall–Kier alpha value is -0.710. The van der Waals surface area contributed by atoms with E-state index < -0.39 is 0 Å². The summed E-state index contributed by atoms with van der Waals surface area (Å²) in [6, 6.07) is 2.17. The van der Waals surface area contributed by atoms with Crippen LogP contribution in [0.15, 0.2) is 6.07 Å². The van der Waals surface area contributed by atoms with Gasteiger partial charge in [0, 0.05) is 12.6 Å². The highest BCUT2D eigenvalue weighted by atomic mass is 35.5. The van der Waals surface area contributed by atoms with E-state index in [4.69, 9.17) is 23.2 Å². The van der Waals surface area contributed by atoms with E-state index in [1.54, 1.807) is 6.07 Å². The molecule has 6 heteroatoms. The third kappa shape index (κ3) is 3.88. The predicted molar refractivity (Wildman–Crippen MR) is 82.6 cm³/mol. The van der Waals surface area contributed by atoms with Gasteiger partial charge in [-0.2, -0.15) is 0 Å². The fraction of sp³-hybridized carbons (Fsp3) is 0.615. The van der Waals surface area contributed by atoms with Crippen molar-refractivity contribution in [2.75, 3.05) is 37.3 Å². The summed E-state index contributed by atoms with van der Waals surface area (Å²) in [6.07, 6.45) is 2.21. The van der Waals surface area contributed by atoms with Gasteiger partial charge in [0.15, 0.2) is 0 Å². The van der Waals surface area contributed by atoms with Crippen LogP contribution >= 0.6 is 23.2 Å². The molecule has 0 unspecified atom stereocenters. The highest BCUT2D eigenvalue weighted by Gasteiger charge is 2.18. The van der Waals surface area contributed by atoms with Crippen LogP contribution < -0.4 is 10.6 Å². The number of nitrogens with one attached hydrogen (secondary N) is 2. The second kappa shape index (κ2) is 6.64. The Morgan fingerprint density at radius 1 is 1.26 bits per heavy atom. The first-order valence-electron chi connectivity index (χ1n) is 6.65. The molecule has 0 saturated carbocycles. The maximum Gasteiger partial charge on any atom is 0.147 e. The van der Waals surface area contributed by atoms with Gasteiger partial charge in [0.1, 0.15) is 11.6 Å². The van der Waals surface area contributed by atoms with Gasteiger partial charge in [-0.15, -0.1) is 0 Å². The fourth-order valence-corrected chi connectivity index (χ4v) is 2.69. The third-order valence-electron chi connectivity index (χ3n) is 3.33. The number of rotatable bonds is 4. The molecular weight excluding hydrogens is 283 g/mol. The van der Waals surface area contributed by atoms with E-state index >= 15 is 0 Å². The third-order valence-corrected chi connectivity index (χ3v) is 3.91. The Morgan fingerprint density at radius 2 is 1.89 bits per heavy atom. The summed E-state index contributed by atoms with van der Waals surface area (Å²) < 4.78 is 0. The summed E-state index contributed by atoms with van der Waals surface area (Å²) in [5.41, 5.74) is 0. The minimum atomic E-state index is 0.428. The Labute approximate surface area is 124 Å². The van der Waals surface area contributed by atoms with Gasteiger partial charge < -0.3 is 15.5 Å². The fourth-order valence-electron chi connectivity index (χ4n) is 2.21. The number of nitrogens with zero attached hydrogens (tertiary/aromatic N) is 2. The second-order valence-electron chi connectivity index (χ2n) is 4.90. The van der Waals surface area contributed by atoms with Crippen molar-refractivity contribution < 1.29 is 0 Å². The minimum Gasteiger partial charge on any atom is -0.369 e. The summed E-state index contributed by atoms with van der Waals surface area (Å²) in [6.45, 7) is 4.99. The van der Waals surface area contributed by atoms with Gasteiger partial charge in [-0.1, -0.05) is 23.2 Å². The first kappa shape index (κ1) is 14.7. The van der Waals surface area contributed by atoms with Crippen molar-refractivity contribution in [3.05, 3.63) is 16.1 Å². The van der Waals surface area contributed by atoms with Gasteiger partial charge in [-0.05, 0) is 46.0 Å². The smallest absolute Gasteiger partial charge is 0.147 e. The average molecular weight is 303 g/mol. The van der Waals surface area contributed by atoms with Crippen LogP contribution in [-0.4, -0.2) is 42.6 Å². The summed E-state index contributed by atoms with van der Waals surface area (Å²) in [7, 11) is 2.15. The molecule has 0 bridgehead atoms. The van der Waals surface area contributed by atoms with E-state index in [0.29, 0.717) is 21.9 Å². The summed E-state index contributed by atoms with van der Waals surface area (Å²) >= 11 is 12.3. The zero-order valence-electron chi connectivity index (χ0n) is 11.3.